The Morgan fingerprint density at radius 3 is 2.62 bits per heavy atom. The van der Waals surface area contributed by atoms with Crippen LogP contribution in [0.3, 0.4) is 0 Å². The number of carbonyl (C=O) groups is 2. The van der Waals surface area contributed by atoms with Gasteiger partial charge in [0.2, 0.25) is 0 Å². The molecule has 0 N–H and O–H groups in total. The third-order valence-corrected chi connectivity index (χ3v) is 7.72. The predicted octanol–water partition coefficient (Wildman–Crippen LogP) is 4.58. The van der Waals surface area contributed by atoms with Gasteiger partial charge in [-0.1, -0.05) is 19.9 Å². The third-order valence-electron chi connectivity index (χ3n) is 7.72. The summed E-state index contributed by atoms with van der Waals surface area (Å²) in [6.45, 7) is 6.10. The molecule has 0 aromatic carbocycles. The summed E-state index contributed by atoms with van der Waals surface area (Å²) in [6, 6.07) is 0. The van der Waals surface area contributed by atoms with E-state index in [0.29, 0.717) is 23.5 Å². The van der Waals surface area contributed by atoms with Crippen LogP contribution in [0.5, 0.6) is 0 Å². The smallest absolute Gasteiger partial charge is 0.307 e. The van der Waals surface area contributed by atoms with E-state index in [2.05, 4.69) is 26.0 Å². The molecule has 4 aliphatic carbocycles. The van der Waals surface area contributed by atoms with Crippen LogP contribution in [-0.2, 0) is 14.3 Å². The minimum Gasteiger partial charge on any atom is -0.431 e. The van der Waals surface area contributed by atoms with Crippen LogP contribution in [-0.4, -0.2) is 11.8 Å². The second-order valence-electron chi connectivity index (χ2n) is 8.81. The summed E-state index contributed by atoms with van der Waals surface area (Å²) in [6.07, 6.45) is 11.6. The van der Waals surface area contributed by atoms with Crippen LogP contribution in [0.2, 0.25) is 0 Å². The Balaban J connectivity index is 1.66. The molecular formula is C21H28O3. The van der Waals surface area contributed by atoms with Gasteiger partial charge < -0.3 is 4.74 Å². The first-order valence-electron chi connectivity index (χ1n) is 9.47. The molecule has 130 valence electrons. The van der Waals surface area contributed by atoms with Crippen molar-refractivity contribution in [3.63, 3.8) is 0 Å². The second-order valence-corrected chi connectivity index (χ2v) is 8.81. The monoisotopic (exact) mass is 328 g/mol. The lowest BCUT2D eigenvalue weighted by Crippen LogP contribution is -2.49. The van der Waals surface area contributed by atoms with Crippen LogP contribution in [0.25, 0.3) is 0 Å². The lowest BCUT2D eigenvalue weighted by molar-refractivity contribution is -0.137. The Bertz CT molecular complexity index is 658. The lowest BCUT2D eigenvalue weighted by atomic mass is 9.49. The molecule has 0 heterocycles. The van der Waals surface area contributed by atoms with Crippen molar-refractivity contribution >= 4 is 11.8 Å². The Morgan fingerprint density at radius 1 is 1.12 bits per heavy atom. The highest BCUT2D eigenvalue weighted by Crippen LogP contribution is 2.63. The van der Waals surface area contributed by atoms with E-state index in [1.165, 1.54) is 12.5 Å². The Hall–Kier alpha value is -1.38. The van der Waals surface area contributed by atoms with Crippen LogP contribution >= 0.6 is 0 Å². The van der Waals surface area contributed by atoms with Gasteiger partial charge in [0.25, 0.3) is 0 Å². The largest absolute Gasteiger partial charge is 0.431 e. The first-order chi connectivity index (χ1) is 11.3. The van der Waals surface area contributed by atoms with E-state index in [1.807, 2.05) is 0 Å². The van der Waals surface area contributed by atoms with E-state index in [9.17, 15) is 9.59 Å². The van der Waals surface area contributed by atoms with Crippen molar-refractivity contribution in [2.75, 3.05) is 0 Å². The van der Waals surface area contributed by atoms with Crippen LogP contribution < -0.4 is 0 Å². The van der Waals surface area contributed by atoms with Crippen molar-refractivity contribution in [2.45, 2.75) is 65.7 Å². The quantitative estimate of drug-likeness (QED) is 0.662. The molecule has 3 nitrogen and oxygen atoms in total. The van der Waals surface area contributed by atoms with Gasteiger partial charge in [0.15, 0.2) is 0 Å². The summed E-state index contributed by atoms with van der Waals surface area (Å²) >= 11 is 0. The Kier molecular flexibility index (Phi) is 3.56. The minimum atomic E-state index is -0.225. The van der Waals surface area contributed by atoms with E-state index < -0.39 is 0 Å². The molecule has 0 aromatic heterocycles. The molecule has 4 aliphatic rings. The van der Waals surface area contributed by atoms with Crippen molar-refractivity contribution in [3.8, 4) is 0 Å². The molecule has 0 saturated heterocycles. The molecule has 0 bridgehead atoms. The van der Waals surface area contributed by atoms with Gasteiger partial charge in [-0.2, -0.15) is 0 Å². The highest BCUT2D eigenvalue weighted by molar-refractivity contribution is 5.87. The summed E-state index contributed by atoms with van der Waals surface area (Å²) in [7, 11) is 0. The molecule has 5 unspecified atom stereocenters. The maximum atomic E-state index is 12.4. The zero-order valence-corrected chi connectivity index (χ0v) is 15.1. The van der Waals surface area contributed by atoms with E-state index in [4.69, 9.17) is 4.74 Å². The molecular weight excluding hydrogens is 300 g/mol. The molecule has 0 radical (unpaired) electrons. The van der Waals surface area contributed by atoms with Crippen LogP contribution in [0, 0.1) is 28.6 Å². The highest BCUT2D eigenvalue weighted by Gasteiger charge is 2.58. The Morgan fingerprint density at radius 2 is 1.88 bits per heavy atom. The standard InChI is InChI=1S/C21H28O3/c1-13(22)24-15-8-10-20(2)14(12-15)4-5-16-17-6-7-19(23)21(17,3)11-9-18(16)20/h4,12,16-18H,5-11H2,1-3H3. The molecule has 0 aliphatic heterocycles. The van der Waals surface area contributed by atoms with Crippen LogP contribution in [0.15, 0.2) is 23.5 Å². The molecule has 0 aromatic rings. The van der Waals surface area contributed by atoms with Crippen LogP contribution in [0.1, 0.15) is 65.7 Å². The number of fused-ring (bicyclic) bond motifs is 5. The van der Waals surface area contributed by atoms with Crippen molar-refractivity contribution in [1.29, 1.82) is 0 Å². The van der Waals surface area contributed by atoms with E-state index in [-0.39, 0.29) is 16.8 Å². The molecule has 0 amide bonds. The maximum Gasteiger partial charge on any atom is 0.307 e. The second kappa shape index (κ2) is 5.31. The first kappa shape index (κ1) is 16.1. The molecule has 3 heteroatoms. The van der Waals surface area contributed by atoms with Crippen molar-refractivity contribution in [3.05, 3.63) is 23.5 Å². The molecule has 2 saturated carbocycles. The summed E-state index contributed by atoms with van der Waals surface area (Å²) in [5.41, 5.74) is 1.48. The van der Waals surface area contributed by atoms with Gasteiger partial charge in [-0.3, -0.25) is 9.59 Å². The zero-order chi connectivity index (χ0) is 17.1. The normalized spacial score (nSPS) is 44.0. The number of esters is 1. The van der Waals surface area contributed by atoms with E-state index in [0.717, 1.165) is 50.7 Å². The van der Waals surface area contributed by atoms with E-state index in [1.54, 1.807) is 0 Å². The molecule has 5 atom stereocenters. The highest BCUT2D eigenvalue weighted by atomic mass is 16.5. The number of ether oxygens (including phenoxy) is 1. The molecule has 2 fully saturated rings. The van der Waals surface area contributed by atoms with E-state index >= 15 is 0 Å². The predicted molar refractivity (Wildman–Crippen MR) is 91.9 cm³/mol. The lowest BCUT2D eigenvalue weighted by Gasteiger charge is -2.55. The third kappa shape index (κ3) is 2.16. The molecule has 4 rings (SSSR count). The number of ketones is 1. The summed E-state index contributed by atoms with van der Waals surface area (Å²) in [5.74, 6) is 2.98. The number of Topliss-reactive ketones (excluding diaryl/α,β-unsaturated/α-hetero) is 1. The number of allylic oxidation sites excluding steroid dienone is 4. The van der Waals surface area contributed by atoms with Crippen LogP contribution in [0.4, 0.5) is 0 Å². The topological polar surface area (TPSA) is 43.4 Å². The zero-order valence-electron chi connectivity index (χ0n) is 15.1. The SMILES string of the molecule is CC(=O)OC1=CC2=CCC3C4CCC(=O)C4(C)CCC3C2(C)CC1. The van der Waals surface area contributed by atoms with Gasteiger partial charge >= 0.3 is 5.97 Å². The maximum absolute atomic E-state index is 12.4. The fourth-order valence-electron chi connectivity index (χ4n) is 6.34. The average molecular weight is 328 g/mol. The van der Waals surface area contributed by atoms with Gasteiger partial charge in [-0.05, 0) is 66.9 Å². The minimum absolute atomic E-state index is 0.0592. The average Bonchev–Trinajstić information content (AvgIpc) is 2.83. The number of hydrogen-bond donors (Lipinski definition) is 0. The summed E-state index contributed by atoms with van der Waals surface area (Å²) < 4.78 is 5.36. The van der Waals surface area contributed by atoms with Gasteiger partial charge in [0.1, 0.15) is 11.5 Å². The number of rotatable bonds is 1. The summed E-state index contributed by atoms with van der Waals surface area (Å²) in [4.78, 5) is 23.7. The van der Waals surface area contributed by atoms with Crippen molar-refractivity contribution in [2.24, 2.45) is 28.6 Å². The molecule has 0 spiro atoms. The Labute approximate surface area is 144 Å². The fourth-order valence-corrected chi connectivity index (χ4v) is 6.34. The van der Waals surface area contributed by atoms with Crippen molar-refractivity contribution in [1.82, 2.24) is 0 Å². The van der Waals surface area contributed by atoms with Gasteiger partial charge in [-0.25, -0.2) is 0 Å². The number of hydrogen-bond acceptors (Lipinski definition) is 3. The fraction of sp³-hybridized carbons (Fsp3) is 0.714. The van der Waals surface area contributed by atoms with Crippen molar-refractivity contribution < 1.29 is 14.3 Å². The summed E-state index contributed by atoms with van der Waals surface area (Å²) in [5, 5.41) is 0. The first-order valence-corrected chi connectivity index (χ1v) is 9.47. The van der Waals surface area contributed by atoms with Gasteiger partial charge in [-0.15, -0.1) is 0 Å². The van der Waals surface area contributed by atoms with Gasteiger partial charge in [0.05, 0.1) is 0 Å². The number of carbonyl (C=O) groups excluding carboxylic acids is 2. The van der Waals surface area contributed by atoms with Gasteiger partial charge in [0, 0.05) is 25.2 Å². The molecule has 24 heavy (non-hydrogen) atoms.